The predicted molar refractivity (Wildman–Crippen MR) is 101 cm³/mol. The fourth-order valence-electron chi connectivity index (χ4n) is 3.85. The van der Waals surface area contributed by atoms with Gasteiger partial charge in [-0.2, -0.15) is 0 Å². The molecule has 2 aromatic rings. The van der Waals surface area contributed by atoms with Crippen molar-refractivity contribution in [3.63, 3.8) is 0 Å². The van der Waals surface area contributed by atoms with Gasteiger partial charge in [-0.1, -0.05) is 18.5 Å². The Hall–Kier alpha value is -2.61. The number of nitrogens with one attached hydrogen (secondary N) is 1. The highest BCUT2D eigenvalue weighted by atomic mass is 35.5. The van der Waals surface area contributed by atoms with Gasteiger partial charge in [0.1, 0.15) is 6.10 Å². The number of carbonyl (C=O) groups is 1. The van der Waals surface area contributed by atoms with Crippen molar-refractivity contribution < 1.29 is 14.3 Å². The number of hydrogen-bond acceptors (Lipinski definition) is 8. The molecule has 1 fully saturated rings. The molecule has 0 amide bonds. The second kappa shape index (κ2) is 6.84. The Bertz CT molecular complexity index is 863. The van der Waals surface area contributed by atoms with E-state index in [1.54, 1.807) is 12.1 Å². The first-order valence-corrected chi connectivity index (χ1v) is 9.18. The molecule has 1 N–H and O–H groups in total. The van der Waals surface area contributed by atoms with Gasteiger partial charge in [0.05, 0.1) is 30.4 Å². The Labute approximate surface area is 161 Å². The van der Waals surface area contributed by atoms with Crippen molar-refractivity contribution >= 4 is 29.1 Å². The summed E-state index contributed by atoms with van der Waals surface area (Å²) >= 11 is 6.07. The largest absolute Gasteiger partial charge is 0.472 e. The molecule has 0 radical (unpaired) electrons. The lowest BCUT2D eigenvalue weighted by molar-refractivity contribution is 0.0600. The van der Waals surface area contributed by atoms with E-state index >= 15 is 0 Å². The maximum atomic E-state index is 11.5. The van der Waals surface area contributed by atoms with E-state index in [9.17, 15) is 4.79 Å². The zero-order valence-corrected chi connectivity index (χ0v) is 15.9. The highest BCUT2D eigenvalue weighted by Gasteiger charge is 2.48. The SMILES string of the molecule is CC[C@]12CNc3nnc(Cl)cc3N1C[C@H](Oc1ccc(C(=O)OC)cn1)C2. The summed E-state index contributed by atoms with van der Waals surface area (Å²) in [6, 6.07) is 5.18. The van der Waals surface area contributed by atoms with E-state index in [-0.39, 0.29) is 11.6 Å². The Morgan fingerprint density at radius 2 is 2.30 bits per heavy atom. The first-order chi connectivity index (χ1) is 13.0. The molecule has 4 rings (SSSR count). The van der Waals surface area contributed by atoms with E-state index in [2.05, 4.69) is 37.1 Å². The molecule has 0 bridgehead atoms. The minimum Gasteiger partial charge on any atom is -0.472 e. The molecular weight excluding hydrogens is 370 g/mol. The van der Waals surface area contributed by atoms with Crippen molar-refractivity contribution in [1.82, 2.24) is 15.2 Å². The summed E-state index contributed by atoms with van der Waals surface area (Å²) in [5.41, 5.74) is 1.27. The maximum absolute atomic E-state index is 11.5. The Morgan fingerprint density at radius 3 is 3.00 bits per heavy atom. The van der Waals surface area contributed by atoms with Crippen molar-refractivity contribution in [1.29, 1.82) is 0 Å². The van der Waals surface area contributed by atoms with Crippen LogP contribution in [0.15, 0.2) is 24.4 Å². The summed E-state index contributed by atoms with van der Waals surface area (Å²) < 4.78 is 10.8. The van der Waals surface area contributed by atoms with Crippen LogP contribution in [0.2, 0.25) is 5.15 Å². The van der Waals surface area contributed by atoms with E-state index in [4.69, 9.17) is 16.3 Å². The van der Waals surface area contributed by atoms with Gasteiger partial charge in [-0.25, -0.2) is 9.78 Å². The molecule has 8 nitrogen and oxygen atoms in total. The lowest BCUT2D eigenvalue weighted by atomic mass is 9.90. The van der Waals surface area contributed by atoms with Crippen molar-refractivity contribution in [2.45, 2.75) is 31.4 Å². The molecule has 142 valence electrons. The molecule has 2 atom stereocenters. The summed E-state index contributed by atoms with van der Waals surface area (Å²) in [7, 11) is 1.34. The monoisotopic (exact) mass is 389 g/mol. The van der Waals surface area contributed by atoms with Gasteiger partial charge in [-0.15, -0.1) is 10.2 Å². The molecule has 4 heterocycles. The van der Waals surface area contributed by atoms with Gasteiger partial charge < -0.3 is 19.7 Å². The number of hydrogen-bond donors (Lipinski definition) is 1. The van der Waals surface area contributed by atoms with E-state index in [0.717, 1.165) is 30.9 Å². The molecule has 9 heteroatoms. The summed E-state index contributed by atoms with van der Waals surface area (Å²) in [6.07, 6.45) is 3.22. The molecule has 2 aliphatic rings. The van der Waals surface area contributed by atoms with Crippen LogP contribution in [0.4, 0.5) is 11.5 Å². The molecule has 1 saturated heterocycles. The highest BCUT2D eigenvalue weighted by Crippen LogP contribution is 2.44. The van der Waals surface area contributed by atoms with Crippen LogP contribution >= 0.6 is 11.6 Å². The highest BCUT2D eigenvalue weighted by molar-refractivity contribution is 6.29. The summed E-state index contributed by atoms with van der Waals surface area (Å²) in [4.78, 5) is 18.1. The van der Waals surface area contributed by atoms with E-state index in [1.165, 1.54) is 13.3 Å². The third-order valence-corrected chi connectivity index (χ3v) is 5.47. The van der Waals surface area contributed by atoms with Gasteiger partial charge in [0.15, 0.2) is 11.0 Å². The van der Waals surface area contributed by atoms with E-state index < -0.39 is 5.97 Å². The summed E-state index contributed by atoms with van der Waals surface area (Å²) in [6.45, 7) is 3.63. The maximum Gasteiger partial charge on any atom is 0.339 e. The summed E-state index contributed by atoms with van der Waals surface area (Å²) in [5.74, 6) is 0.806. The normalized spacial score (nSPS) is 23.2. The number of pyridine rings is 1. The van der Waals surface area contributed by atoms with Crippen molar-refractivity contribution in [3.05, 3.63) is 35.1 Å². The van der Waals surface area contributed by atoms with Gasteiger partial charge >= 0.3 is 5.97 Å². The smallest absolute Gasteiger partial charge is 0.339 e. The predicted octanol–water partition coefficient (Wildman–Crippen LogP) is 2.54. The van der Waals surface area contributed by atoms with Gasteiger partial charge in [0, 0.05) is 31.3 Å². The van der Waals surface area contributed by atoms with Gasteiger partial charge in [0.25, 0.3) is 0 Å². The third kappa shape index (κ3) is 3.14. The molecule has 0 unspecified atom stereocenters. The van der Waals surface area contributed by atoms with Crippen LogP contribution in [0, 0.1) is 0 Å². The minimum atomic E-state index is -0.419. The number of aromatic nitrogens is 3. The average Bonchev–Trinajstić information content (AvgIpc) is 3.07. The molecular formula is C18H20ClN5O3. The number of methoxy groups -OCH3 is 1. The van der Waals surface area contributed by atoms with E-state index in [0.29, 0.717) is 23.1 Å². The van der Waals surface area contributed by atoms with Crippen molar-refractivity contribution in [3.8, 4) is 5.88 Å². The molecule has 2 aliphatic heterocycles. The number of halogens is 1. The van der Waals surface area contributed by atoms with Crippen LogP contribution in [-0.4, -0.2) is 53.0 Å². The number of nitrogens with zero attached hydrogens (tertiary/aromatic N) is 4. The fraction of sp³-hybridized carbons (Fsp3) is 0.444. The summed E-state index contributed by atoms with van der Waals surface area (Å²) in [5, 5.41) is 11.8. The first-order valence-electron chi connectivity index (χ1n) is 8.80. The second-order valence-corrected chi connectivity index (χ2v) is 7.15. The van der Waals surface area contributed by atoms with Gasteiger partial charge in [-0.3, -0.25) is 0 Å². The second-order valence-electron chi connectivity index (χ2n) is 6.76. The molecule has 0 aliphatic carbocycles. The third-order valence-electron chi connectivity index (χ3n) is 5.29. The van der Waals surface area contributed by atoms with Crippen LogP contribution in [0.3, 0.4) is 0 Å². The number of esters is 1. The molecule has 0 spiro atoms. The van der Waals surface area contributed by atoms with Crippen LogP contribution in [0.25, 0.3) is 0 Å². The molecule has 2 aromatic heterocycles. The number of fused-ring (bicyclic) bond motifs is 3. The Kier molecular flexibility index (Phi) is 4.51. The number of anilines is 2. The zero-order chi connectivity index (χ0) is 19.0. The standard InChI is InChI=1S/C18H20ClN5O3/c1-3-18-7-12(27-15-5-4-11(8-20-15)17(25)26-2)9-24(18)13-6-14(19)22-23-16(13)21-10-18/h4-6,8,12H,3,7,9-10H2,1-2H3,(H,21,23)/t12-,18+/m1/s1. The lowest BCUT2D eigenvalue weighted by Crippen LogP contribution is -2.52. The van der Waals surface area contributed by atoms with Crippen LogP contribution < -0.4 is 15.0 Å². The van der Waals surface area contributed by atoms with Crippen LogP contribution in [0.1, 0.15) is 30.1 Å². The van der Waals surface area contributed by atoms with Crippen LogP contribution in [0.5, 0.6) is 5.88 Å². The number of ether oxygens (including phenoxy) is 2. The Balaban J connectivity index is 1.54. The van der Waals surface area contributed by atoms with Crippen molar-refractivity contribution in [2.75, 3.05) is 30.4 Å². The van der Waals surface area contributed by atoms with Crippen LogP contribution in [-0.2, 0) is 4.74 Å². The topological polar surface area (TPSA) is 89.5 Å². The van der Waals surface area contributed by atoms with Gasteiger partial charge in [0.2, 0.25) is 5.88 Å². The van der Waals surface area contributed by atoms with Crippen molar-refractivity contribution in [2.24, 2.45) is 0 Å². The Morgan fingerprint density at radius 1 is 1.44 bits per heavy atom. The molecule has 0 saturated carbocycles. The fourth-order valence-corrected chi connectivity index (χ4v) is 4.00. The average molecular weight is 390 g/mol. The molecule has 0 aromatic carbocycles. The quantitative estimate of drug-likeness (QED) is 0.798. The van der Waals surface area contributed by atoms with E-state index in [1.807, 2.05) is 6.07 Å². The zero-order valence-electron chi connectivity index (χ0n) is 15.1. The lowest BCUT2D eigenvalue weighted by Gasteiger charge is -2.43. The number of carbonyl (C=O) groups excluding carboxylic acids is 1. The van der Waals surface area contributed by atoms with Gasteiger partial charge in [-0.05, 0) is 12.5 Å². The molecule has 27 heavy (non-hydrogen) atoms. The number of rotatable bonds is 4. The first kappa shape index (κ1) is 17.8. The minimum absolute atomic E-state index is 0.0406.